The number of ether oxygens (including phenoxy) is 1. The number of hydrogen-bond acceptors (Lipinski definition) is 4. The number of carbonyl (C=O) groups excluding carboxylic acids is 2. The largest absolute Gasteiger partial charge is 1.00 e. The van der Waals surface area contributed by atoms with Crippen LogP contribution in [-0.4, -0.2) is 36.4 Å². The van der Waals surface area contributed by atoms with E-state index in [1.807, 2.05) is 0 Å². The normalized spacial score (nSPS) is 8.50. The van der Waals surface area contributed by atoms with Gasteiger partial charge in [-0.2, -0.15) is 0 Å². The molecule has 0 saturated carbocycles. The van der Waals surface area contributed by atoms with Crippen molar-refractivity contribution in [2.75, 3.05) is 7.11 Å². The zero-order valence-electron chi connectivity index (χ0n) is 5.37. The Hall–Kier alpha value is -0.788. The first-order valence-corrected chi connectivity index (χ1v) is 2.14. The van der Waals surface area contributed by atoms with E-state index in [9.17, 15) is 14.7 Å². The van der Waals surface area contributed by atoms with E-state index in [0.29, 0.717) is 6.08 Å². The second-order valence-corrected chi connectivity index (χ2v) is 1.18. The maximum atomic E-state index is 10.1. The molecule has 0 aromatic heterocycles. The molecule has 0 aliphatic carbocycles. The minimum atomic E-state index is -1.42. The van der Waals surface area contributed by atoms with Gasteiger partial charge in [0, 0.05) is 6.08 Å². The van der Waals surface area contributed by atoms with E-state index < -0.39 is 11.9 Å². The quantitative estimate of drug-likeness (QED) is 0.265. The molecule has 52 valence electrons. The van der Waals surface area contributed by atoms with Crippen LogP contribution < -0.4 is 5.11 Å². The molecule has 0 saturated heterocycles. The Morgan fingerprint density at radius 3 is 2.20 bits per heavy atom. The zero-order valence-corrected chi connectivity index (χ0v) is 6.52. The van der Waals surface area contributed by atoms with Crippen LogP contribution in [0.1, 0.15) is 0 Å². The summed E-state index contributed by atoms with van der Waals surface area (Å²) in [6.07, 6.45) is 1.38. The minimum absolute atomic E-state index is 0. The summed E-state index contributed by atoms with van der Waals surface area (Å²) < 4.78 is 4.08. The number of carbonyl (C=O) groups is 2. The summed E-state index contributed by atoms with van der Waals surface area (Å²) in [7, 11) is 1.15. The molecule has 2 radical (unpaired) electrons. The van der Waals surface area contributed by atoms with E-state index in [0.717, 1.165) is 13.2 Å². The third kappa shape index (κ3) is 7.21. The first-order valence-electron chi connectivity index (χ1n) is 2.14. The van der Waals surface area contributed by atoms with Gasteiger partial charge in [0.05, 0.1) is 13.1 Å². The molecule has 0 amide bonds. The number of carboxylic acid groups (broad SMARTS) is 1. The summed E-state index contributed by atoms with van der Waals surface area (Å²) in [5.74, 6) is -2.13. The molecular formula is C5H5AlO4. The second kappa shape index (κ2) is 6.33. The van der Waals surface area contributed by atoms with Crippen LogP contribution in [-0.2, 0) is 14.3 Å². The van der Waals surface area contributed by atoms with Crippen molar-refractivity contribution < 1.29 is 19.4 Å². The molecule has 4 nitrogen and oxygen atoms in total. The molecule has 0 unspecified atom stereocenters. The van der Waals surface area contributed by atoms with Crippen molar-refractivity contribution >= 4 is 29.3 Å². The Kier molecular flexibility index (Phi) is 7.57. The topological polar surface area (TPSA) is 66.4 Å². The van der Waals surface area contributed by atoms with Crippen LogP contribution in [0.25, 0.3) is 0 Å². The molecule has 0 spiro atoms. The predicted molar refractivity (Wildman–Crippen MR) is 31.9 cm³/mol. The van der Waals surface area contributed by atoms with E-state index >= 15 is 0 Å². The number of esters is 1. The summed E-state index contributed by atoms with van der Waals surface area (Å²) in [5.41, 5.74) is 0. The van der Waals surface area contributed by atoms with E-state index in [1.165, 1.54) is 0 Å². The van der Waals surface area contributed by atoms with Gasteiger partial charge < -0.3 is 14.6 Å². The van der Waals surface area contributed by atoms with Crippen LogP contribution in [0, 0.1) is 0 Å². The summed E-state index contributed by atoms with van der Waals surface area (Å²) in [6.45, 7) is 0. The summed E-state index contributed by atoms with van der Waals surface area (Å²) in [5, 5.41) is 9.61. The second-order valence-electron chi connectivity index (χ2n) is 1.18. The van der Waals surface area contributed by atoms with E-state index in [-0.39, 0.29) is 17.4 Å². The first-order chi connectivity index (χ1) is 4.16. The molecule has 10 heavy (non-hydrogen) atoms. The standard InChI is InChI=1S/C5H6O4.Al/c1-9-5(8)3-2-4(6)7;/h2-3H,1H3,(H,6,7);/q;+1/p-1/b3-2+;. The minimum Gasteiger partial charge on any atom is -0.545 e. The Bertz CT molecular complexity index is 152. The molecule has 0 aliphatic heterocycles. The van der Waals surface area contributed by atoms with E-state index in [1.54, 1.807) is 0 Å². The Morgan fingerprint density at radius 1 is 1.40 bits per heavy atom. The molecule has 0 rings (SSSR count). The monoisotopic (exact) mass is 156 g/mol. The number of methoxy groups -OCH3 is 1. The molecule has 0 aromatic carbocycles. The van der Waals surface area contributed by atoms with Crippen molar-refractivity contribution in [3.63, 3.8) is 0 Å². The van der Waals surface area contributed by atoms with Crippen LogP contribution in [0.5, 0.6) is 0 Å². The fraction of sp³-hybridized carbons (Fsp3) is 0.200. The third-order valence-electron chi connectivity index (χ3n) is 0.557. The number of hydrogen-bond donors (Lipinski definition) is 0. The van der Waals surface area contributed by atoms with Crippen molar-refractivity contribution in [2.24, 2.45) is 0 Å². The number of rotatable bonds is 2. The fourth-order valence-electron chi connectivity index (χ4n) is 0.204. The number of carboxylic acids is 1. The molecule has 0 atom stereocenters. The third-order valence-corrected chi connectivity index (χ3v) is 0.557. The van der Waals surface area contributed by atoms with Crippen LogP contribution in [0.3, 0.4) is 0 Å². The van der Waals surface area contributed by atoms with Gasteiger partial charge in [0.2, 0.25) is 0 Å². The number of aliphatic carboxylic acids is 1. The molecule has 5 heteroatoms. The van der Waals surface area contributed by atoms with Crippen LogP contribution >= 0.6 is 0 Å². The summed E-state index contributed by atoms with van der Waals surface area (Å²) >= 11 is 0. The summed E-state index contributed by atoms with van der Waals surface area (Å²) in [4.78, 5) is 19.7. The smallest absolute Gasteiger partial charge is 0.545 e. The van der Waals surface area contributed by atoms with Crippen molar-refractivity contribution in [1.29, 1.82) is 0 Å². The molecular weight excluding hydrogens is 151 g/mol. The molecule has 0 N–H and O–H groups in total. The van der Waals surface area contributed by atoms with Gasteiger partial charge in [-0.3, -0.25) is 0 Å². The van der Waals surface area contributed by atoms with Crippen molar-refractivity contribution in [3.8, 4) is 0 Å². The molecule has 0 fully saturated rings. The molecule has 0 bridgehead atoms. The van der Waals surface area contributed by atoms with Gasteiger partial charge in [-0.05, 0) is 6.08 Å². The average molecular weight is 156 g/mol. The molecule has 0 aliphatic rings. The van der Waals surface area contributed by atoms with E-state index in [4.69, 9.17) is 0 Å². The average Bonchev–Trinajstić information content (AvgIpc) is 1.83. The predicted octanol–water partition coefficient (Wildman–Crippen LogP) is -1.92. The molecule has 0 aromatic rings. The van der Waals surface area contributed by atoms with Crippen LogP contribution in [0.15, 0.2) is 12.2 Å². The van der Waals surface area contributed by atoms with Gasteiger partial charge >= 0.3 is 23.3 Å². The molecule has 0 heterocycles. The SMILES string of the molecule is COC(=O)/C=C/C(=O)[O-].[Al+]. The van der Waals surface area contributed by atoms with Gasteiger partial charge in [0.15, 0.2) is 0 Å². The van der Waals surface area contributed by atoms with Gasteiger partial charge in [0.25, 0.3) is 0 Å². The van der Waals surface area contributed by atoms with Crippen LogP contribution in [0.4, 0.5) is 0 Å². The fourth-order valence-corrected chi connectivity index (χ4v) is 0.204. The van der Waals surface area contributed by atoms with Crippen molar-refractivity contribution in [2.45, 2.75) is 0 Å². The summed E-state index contributed by atoms with van der Waals surface area (Å²) in [6, 6.07) is 0. The van der Waals surface area contributed by atoms with Gasteiger partial charge in [-0.1, -0.05) is 0 Å². The Balaban J connectivity index is 0. The zero-order chi connectivity index (χ0) is 7.28. The van der Waals surface area contributed by atoms with Gasteiger partial charge in [-0.15, -0.1) is 0 Å². The van der Waals surface area contributed by atoms with Gasteiger partial charge in [0.1, 0.15) is 0 Å². The van der Waals surface area contributed by atoms with Crippen LogP contribution in [0.2, 0.25) is 0 Å². The van der Waals surface area contributed by atoms with Crippen molar-refractivity contribution in [1.82, 2.24) is 0 Å². The Morgan fingerprint density at radius 2 is 1.90 bits per heavy atom. The first kappa shape index (κ1) is 11.9. The maximum Gasteiger partial charge on any atom is 1.00 e. The maximum absolute atomic E-state index is 10.1. The van der Waals surface area contributed by atoms with E-state index in [2.05, 4.69) is 4.74 Å². The van der Waals surface area contributed by atoms with Gasteiger partial charge in [-0.25, -0.2) is 4.79 Å². The Labute approximate surface area is 68.6 Å². The van der Waals surface area contributed by atoms with Crippen molar-refractivity contribution in [3.05, 3.63) is 12.2 Å².